The lowest BCUT2D eigenvalue weighted by Gasteiger charge is -2.13. The second kappa shape index (κ2) is 4.23. The zero-order chi connectivity index (χ0) is 12.7. The van der Waals surface area contributed by atoms with Crippen LogP contribution in [0.15, 0.2) is 24.3 Å². The predicted molar refractivity (Wildman–Crippen MR) is 71.3 cm³/mol. The molecule has 18 heavy (non-hydrogen) atoms. The highest BCUT2D eigenvalue weighted by Crippen LogP contribution is 2.31. The lowest BCUT2D eigenvalue weighted by atomic mass is 9.94. The second-order valence-electron chi connectivity index (χ2n) is 5.33. The topological polar surface area (TPSA) is 34.9 Å². The molecule has 0 radical (unpaired) electrons. The fourth-order valence-electron chi connectivity index (χ4n) is 2.96. The van der Waals surface area contributed by atoms with E-state index in [0.717, 1.165) is 30.6 Å². The van der Waals surface area contributed by atoms with Crippen molar-refractivity contribution in [2.75, 3.05) is 0 Å². The Morgan fingerprint density at radius 3 is 2.83 bits per heavy atom. The highest BCUT2D eigenvalue weighted by Gasteiger charge is 2.31. The van der Waals surface area contributed by atoms with Crippen LogP contribution in [0.25, 0.3) is 11.0 Å². The third-order valence-electron chi connectivity index (χ3n) is 4.30. The van der Waals surface area contributed by atoms with Gasteiger partial charge in [-0.1, -0.05) is 19.1 Å². The second-order valence-corrected chi connectivity index (χ2v) is 5.33. The first-order valence-corrected chi connectivity index (χ1v) is 6.60. The molecule has 3 heteroatoms. The molecule has 0 amide bonds. The van der Waals surface area contributed by atoms with Gasteiger partial charge in [0.15, 0.2) is 0 Å². The summed E-state index contributed by atoms with van der Waals surface area (Å²) in [5, 5.41) is 0. The Hall–Kier alpha value is -1.64. The van der Waals surface area contributed by atoms with E-state index in [-0.39, 0.29) is 5.92 Å². The molecular weight excluding hydrogens is 224 g/mol. The molecule has 2 unspecified atom stereocenters. The number of carbonyl (C=O) groups excluding carboxylic acids is 1. The molecule has 1 aliphatic rings. The van der Waals surface area contributed by atoms with Crippen LogP contribution < -0.4 is 0 Å². The smallest absolute Gasteiger partial charge is 0.136 e. The summed E-state index contributed by atoms with van der Waals surface area (Å²) in [6.07, 6.45) is 2.68. The van der Waals surface area contributed by atoms with Crippen molar-refractivity contribution in [1.82, 2.24) is 9.55 Å². The van der Waals surface area contributed by atoms with Crippen molar-refractivity contribution in [3.8, 4) is 0 Å². The minimum absolute atomic E-state index is 0.199. The SMILES string of the molecule is CC1C(=O)CCC1Cc1nc2ccccc2n1C. The number of rotatable bonds is 2. The normalized spacial score (nSPS) is 24.0. The van der Waals surface area contributed by atoms with Gasteiger partial charge in [0.2, 0.25) is 0 Å². The number of aromatic nitrogens is 2. The van der Waals surface area contributed by atoms with E-state index < -0.39 is 0 Å². The molecule has 1 heterocycles. The maximum absolute atomic E-state index is 11.6. The molecular formula is C15H18N2O. The number of ketones is 1. The summed E-state index contributed by atoms with van der Waals surface area (Å²) in [4.78, 5) is 16.3. The van der Waals surface area contributed by atoms with E-state index in [9.17, 15) is 4.79 Å². The number of Topliss-reactive ketones (excluding diaryl/α,β-unsaturated/α-hetero) is 1. The van der Waals surface area contributed by atoms with Gasteiger partial charge in [-0.25, -0.2) is 4.98 Å². The van der Waals surface area contributed by atoms with Crippen molar-refractivity contribution >= 4 is 16.8 Å². The number of nitrogens with zero attached hydrogens (tertiary/aromatic N) is 2. The Morgan fingerprint density at radius 2 is 2.17 bits per heavy atom. The number of hydrogen-bond acceptors (Lipinski definition) is 2. The summed E-state index contributed by atoms with van der Waals surface area (Å²) in [6, 6.07) is 8.19. The van der Waals surface area contributed by atoms with Crippen molar-refractivity contribution < 1.29 is 4.79 Å². The van der Waals surface area contributed by atoms with Gasteiger partial charge in [0.05, 0.1) is 11.0 Å². The third-order valence-corrected chi connectivity index (χ3v) is 4.30. The highest BCUT2D eigenvalue weighted by molar-refractivity contribution is 5.83. The molecule has 3 nitrogen and oxygen atoms in total. The molecule has 1 saturated carbocycles. The molecule has 0 spiro atoms. The first kappa shape index (κ1) is 11.5. The zero-order valence-electron chi connectivity index (χ0n) is 10.9. The summed E-state index contributed by atoms with van der Waals surface area (Å²) >= 11 is 0. The maximum atomic E-state index is 11.6. The van der Waals surface area contributed by atoms with Crippen LogP contribution in [0.2, 0.25) is 0 Å². The largest absolute Gasteiger partial charge is 0.331 e. The van der Waals surface area contributed by atoms with Crippen molar-refractivity contribution in [2.24, 2.45) is 18.9 Å². The van der Waals surface area contributed by atoms with Crippen LogP contribution in [-0.4, -0.2) is 15.3 Å². The molecule has 0 aliphatic heterocycles. The number of carbonyl (C=O) groups is 1. The number of fused-ring (bicyclic) bond motifs is 1. The van der Waals surface area contributed by atoms with Gasteiger partial charge < -0.3 is 4.57 Å². The lowest BCUT2D eigenvalue weighted by Crippen LogP contribution is -2.15. The van der Waals surface area contributed by atoms with Gasteiger partial charge in [-0.05, 0) is 24.5 Å². The van der Waals surface area contributed by atoms with Crippen molar-refractivity contribution in [1.29, 1.82) is 0 Å². The molecule has 1 aromatic carbocycles. The van der Waals surface area contributed by atoms with Gasteiger partial charge in [0.25, 0.3) is 0 Å². The van der Waals surface area contributed by atoms with Gasteiger partial charge in [-0.3, -0.25) is 4.79 Å². The Balaban J connectivity index is 1.91. The minimum atomic E-state index is 0.199. The lowest BCUT2D eigenvalue weighted by molar-refractivity contribution is -0.120. The average Bonchev–Trinajstić information content (AvgIpc) is 2.86. The average molecular weight is 242 g/mol. The van der Waals surface area contributed by atoms with Crippen LogP contribution >= 0.6 is 0 Å². The number of para-hydroxylation sites is 2. The molecule has 0 N–H and O–H groups in total. The molecule has 0 bridgehead atoms. The van der Waals surface area contributed by atoms with Crippen LogP contribution in [-0.2, 0) is 18.3 Å². The van der Waals surface area contributed by atoms with E-state index in [0.29, 0.717) is 11.7 Å². The Morgan fingerprint density at radius 1 is 1.39 bits per heavy atom. The Bertz CT molecular complexity index is 600. The van der Waals surface area contributed by atoms with E-state index in [2.05, 4.69) is 29.6 Å². The molecule has 1 aromatic heterocycles. The summed E-state index contributed by atoms with van der Waals surface area (Å²) in [6.45, 7) is 2.06. The molecule has 2 atom stereocenters. The number of aryl methyl sites for hydroxylation is 1. The highest BCUT2D eigenvalue weighted by atomic mass is 16.1. The standard InChI is InChI=1S/C15H18N2O/c1-10-11(7-8-14(10)18)9-15-16-12-5-3-4-6-13(12)17(15)2/h3-6,10-11H,7-9H2,1-2H3. The van der Waals surface area contributed by atoms with Crippen LogP contribution in [0.3, 0.4) is 0 Å². The molecule has 2 aromatic rings. The van der Waals surface area contributed by atoms with Gasteiger partial charge >= 0.3 is 0 Å². The van der Waals surface area contributed by atoms with Crippen molar-refractivity contribution in [3.05, 3.63) is 30.1 Å². The van der Waals surface area contributed by atoms with Gasteiger partial charge in [0, 0.05) is 25.8 Å². The van der Waals surface area contributed by atoms with Crippen molar-refractivity contribution in [3.63, 3.8) is 0 Å². The molecule has 1 fully saturated rings. The van der Waals surface area contributed by atoms with Gasteiger partial charge in [-0.15, -0.1) is 0 Å². The summed E-state index contributed by atoms with van der Waals surface area (Å²) in [5.41, 5.74) is 2.22. The fraction of sp³-hybridized carbons (Fsp3) is 0.467. The van der Waals surface area contributed by atoms with E-state index in [1.54, 1.807) is 0 Å². The van der Waals surface area contributed by atoms with E-state index >= 15 is 0 Å². The number of benzene rings is 1. The third kappa shape index (κ3) is 1.74. The number of hydrogen-bond donors (Lipinski definition) is 0. The van der Waals surface area contributed by atoms with Gasteiger partial charge in [-0.2, -0.15) is 0 Å². The Kier molecular flexibility index (Phi) is 2.69. The fourth-order valence-corrected chi connectivity index (χ4v) is 2.96. The van der Waals surface area contributed by atoms with Crippen LogP contribution in [0.4, 0.5) is 0 Å². The number of imidazole rings is 1. The molecule has 94 valence electrons. The van der Waals surface area contributed by atoms with E-state index in [4.69, 9.17) is 0 Å². The van der Waals surface area contributed by atoms with Crippen LogP contribution in [0.1, 0.15) is 25.6 Å². The van der Waals surface area contributed by atoms with E-state index in [1.807, 2.05) is 18.2 Å². The van der Waals surface area contributed by atoms with Crippen molar-refractivity contribution in [2.45, 2.75) is 26.2 Å². The summed E-state index contributed by atoms with van der Waals surface area (Å²) in [7, 11) is 2.06. The quantitative estimate of drug-likeness (QED) is 0.811. The monoisotopic (exact) mass is 242 g/mol. The van der Waals surface area contributed by atoms with Crippen LogP contribution in [0, 0.1) is 11.8 Å². The first-order chi connectivity index (χ1) is 8.66. The summed E-state index contributed by atoms with van der Waals surface area (Å²) in [5.74, 6) is 2.18. The zero-order valence-corrected chi connectivity index (χ0v) is 10.9. The van der Waals surface area contributed by atoms with E-state index in [1.165, 1.54) is 5.52 Å². The van der Waals surface area contributed by atoms with Gasteiger partial charge in [0.1, 0.15) is 11.6 Å². The van der Waals surface area contributed by atoms with Crippen LogP contribution in [0.5, 0.6) is 0 Å². The Labute approximate surface area is 107 Å². The molecule has 3 rings (SSSR count). The predicted octanol–water partition coefficient (Wildman–Crippen LogP) is 2.73. The first-order valence-electron chi connectivity index (χ1n) is 6.60. The molecule has 1 aliphatic carbocycles. The summed E-state index contributed by atoms with van der Waals surface area (Å²) < 4.78 is 2.16. The molecule has 0 saturated heterocycles. The maximum Gasteiger partial charge on any atom is 0.136 e. The minimum Gasteiger partial charge on any atom is -0.331 e.